The standard InChI is InChI=1S/C15H20N2O4S/c1-21-13-8-7-12(10-14(13)22(16,19)20)17-15(18)9-11-5-3-2-4-6-11/h7-10H,2-6H2,1H3,(H,17,18)(H2,16,19,20). The van der Waals surface area contributed by atoms with Crippen LogP contribution >= 0.6 is 0 Å². The maximum Gasteiger partial charge on any atom is 0.248 e. The number of amides is 1. The molecule has 0 bridgehead atoms. The molecule has 120 valence electrons. The summed E-state index contributed by atoms with van der Waals surface area (Å²) in [5.74, 6) is -0.117. The number of sulfonamides is 1. The smallest absolute Gasteiger partial charge is 0.248 e. The Morgan fingerprint density at radius 3 is 2.55 bits per heavy atom. The highest BCUT2D eigenvalue weighted by Gasteiger charge is 2.16. The van der Waals surface area contributed by atoms with Crippen molar-refractivity contribution in [3.63, 3.8) is 0 Å². The maximum absolute atomic E-state index is 12.0. The first-order valence-corrected chi connectivity index (χ1v) is 8.66. The molecule has 1 aliphatic rings. The summed E-state index contributed by atoms with van der Waals surface area (Å²) in [5, 5.41) is 7.81. The number of allylic oxidation sites excluding steroid dienone is 1. The lowest BCUT2D eigenvalue weighted by molar-refractivity contribution is -0.112. The predicted octanol–water partition coefficient (Wildman–Crippen LogP) is 2.17. The second kappa shape index (κ2) is 6.93. The van der Waals surface area contributed by atoms with Crippen molar-refractivity contribution < 1.29 is 17.9 Å². The van der Waals surface area contributed by atoms with Crippen LogP contribution in [0.4, 0.5) is 5.69 Å². The summed E-state index contributed by atoms with van der Waals surface area (Å²) in [6.07, 6.45) is 6.90. The molecule has 1 aromatic carbocycles. The first kappa shape index (κ1) is 16.5. The van der Waals surface area contributed by atoms with Gasteiger partial charge in [-0.05, 0) is 43.9 Å². The molecule has 3 N–H and O–H groups in total. The summed E-state index contributed by atoms with van der Waals surface area (Å²) < 4.78 is 28.1. The SMILES string of the molecule is COc1ccc(NC(=O)C=C2CCCCC2)cc1S(N)(=O)=O. The van der Waals surface area contributed by atoms with Crippen molar-refractivity contribution >= 4 is 21.6 Å². The average Bonchev–Trinajstić information content (AvgIpc) is 2.47. The highest BCUT2D eigenvalue weighted by atomic mass is 32.2. The Morgan fingerprint density at radius 1 is 1.27 bits per heavy atom. The van der Waals surface area contributed by atoms with E-state index in [-0.39, 0.29) is 16.6 Å². The molecule has 1 amide bonds. The van der Waals surface area contributed by atoms with Crippen LogP contribution in [0.3, 0.4) is 0 Å². The third kappa shape index (κ3) is 4.32. The lowest BCUT2D eigenvalue weighted by Crippen LogP contribution is -2.15. The molecule has 1 fully saturated rings. The zero-order valence-electron chi connectivity index (χ0n) is 12.5. The van der Waals surface area contributed by atoms with Gasteiger partial charge in [0.15, 0.2) is 0 Å². The molecule has 0 atom stereocenters. The van der Waals surface area contributed by atoms with Gasteiger partial charge in [-0.2, -0.15) is 0 Å². The Bertz CT molecular complexity index is 687. The van der Waals surface area contributed by atoms with Gasteiger partial charge in [0.25, 0.3) is 0 Å². The van der Waals surface area contributed by atoms with Crippen molar-refractivity contribution in [3.05, 3.63) is 29.8 Å². The van der Waals surface area contributed by atoms with Gasteiger partial charge in [0.2, 0.25) is 15.9 Å². The van der Waals surface area contributed by atoms with Crippen LogP contribution in [-0.2, 0) is 14.8 Å². The number of hydrogen-bond acceptors (Lipinski definition) is 4. The molecule has 7 heteroatoms. The Kier molecular flexibility index (Phi) is 5.20. The van der Waals surface area contributed by atoms with Crippen LogP contribution in [0.15, 0.2) is 34.7 Å². The molecule has 6 nitrogen and oxygen atoms in total. The first-order chi connectivity index (χ1) is 10.4. The van der Waals surface area contributed by atoms with Crippen molar-refractivity contribution in [1.29, 1.82) is 0 Å². The van der Waals surface area contributed by atoms with Gasteiger partial charge < -0.3 is 10.1 Å². The summed E-state index contributed by atoms with van der Waals surface area (Å²) in [6, 6.07) is 4.33. The number of nitrogens with two attached hydrogens (primary N) is 1. The molecule has 1 aromatic rings. The zero-order valence-corrected chi connectivity index (χ0v) is 13.3. The van der Waals surface area contributed by atoms with Crippen molar-refractivity contribution in [1.82, 2.24) is 0 Å². The van der Waals surface area contributed by atoms with Crippen molar-refractivity contribution in [2.24, 2.45) is 5.14 Å². The van der Waals surface area contributed by atoms with Gasteiger partial charge in [-0.3, -0.25) is 4.79 Å². The quantitative estimate of drug-likeness (QED) is 0.829. The van der Waals surface area contributed by atoms with Gasteiger partial charge in [-0.25, -0.2) is 13.6 Å². The third-order valence-corrected chi connectivity index (χ3v) is 4.50. The number of primary sulfonamides is 1. The zero-order chi connectivity index (χ0) is 16.2. The van der Waals surface area contributed by atoms with Gasteiger partial charge in [0.1, 0.15) is 10.6 Å². The van der Waals surface area contributed by atoms with Crippen molar-refractivity contribution in [2.75, 3.05) is 12.4 Å². The van der Waals surface area contributed by atoms with E-state index in [4.69, 9.17) is 9.88 Å². The molecular formula is C15H20N2O4S. The minimum Gasteiger partial charge on any atom is -0.495 e. The Hall–Kier alpha value is -1.86. The van der Waals surface area contributed by atoms with Crippen molar-refractivity contribution in [3.8, 4) is 5.75 Å². The number of hydrogen-bond donors (Lipinski definition) is 2. The summed E-state index contributed by atoms with van der Waals surface area (Å²) >= 11 is 0. The van der Waals surface area contributed by atoms with Crippen LogP contribution in [0.2, 0.25) is 0 Å². The fourth-order valence-electron chi connectivity index (χ4n) is 2.49. The van der Waals surface area contributed by atoms with Crippen LogP contribution in [0.5, 0.6) is 5.75 Å². The molecule has 0 aliphatic heterocycles. The van der Waals surface area contributed by atoms with E-state index in [1.165, 1.54) is 25.7 Å². The Labute approximate surface area is 130 Å². The summed E-state index contributed by atoms with van der Waals surface area (Å²) in [7, 11) is -2.57. The largest absolute Gasteiger partial charge is 0.495 e. The van der Waals surface area contributed by atoms with Gasteiger partial charge in [-0.15, -0.1) is 0 Å². The number of carbonyl (C=O) groups excluding carboxylic acids is 1. The summed E-state index contributed by atoms with van der Waals surface area (Å²) in [6.45, 7) is 0. The molecule has 0 heterocycles. The molecule has 1 aliphatic carbocycles. The monoisotopic (exact) mass is 324 g/mol. The van der Waals surface area contributed by atoms with E-state index in [2.05, 4.69) is 5.32 Å². The number of carbonyl (C=O) groups is 1. The number of anilines is 1. The molecule has 22 heavy (non-hydrogen) atoms. The molecule has 0 unspecified atom stereocenters. The van der Waals surface area contributed by atoms with Gasteiger partial charge in [-0.1, -0.05) is 12.0 Å². The van der Waals surface area contributed by atoms with E-state index < -0.39 is 10.0 Å². The lowest BCUT2D eigenvalue weighted by atomic mass is 9.94. The first-order valence-electron chi connectivity index (χ1n) is 7.11. The molecule has 2 rings (SSSR count). The van der Waals surface area contributed by atoms with E-state index in [0.29, 0.717) is 5.69 Å². The molecule has 0 aromatic heterocycles. The Balaban J connectivity index is 2.17. The fourth-order valence-corrected chi connectivity index (χ4v) is 3.21. The molecular weight excluding hydrogens is 304 g/mol. The second-order valence-electron chi connectivity index (χ2n) is 5.26. The molecule has 1 saturated carbocycles. The maximum atomic E-state index is 12.0. The molecule has 0 saturated heterocycles. The van der Waals surface area contributed by atoms with E-state index in [0.717, 1.165) is 31.3 Å². The van der Waals surface area contributed by atoms with Crippen LogP contribution in [-0.4, -0.2) is 21.4 Å². The normalized spacial score (nSPS) is 15.3. The number of benzene rings is 1. The fraction of sp³-hybridized carbons (Fsp3) is 0.400. The number of nitrogens with one attached hydrogen (secondary N) is 1. The van der Waals surface area contributed by atoms with Gasteiger partial charge in [0, 0.05) is 11.8 Å². The lowest BCUT2D eigenvalue weighted by Gasteiger charge is -2.13. The summed E-state index contributed by atoms with van der Waals surface area (Å²) in [5.41, 5.74) is 1.49. The highest BCUT2D eigenvalue weighted by Crippen LogP contribution is 2.26. The average molecular weight is 324 g/mol. The van der Waals surface area contributed by atoms with Crippen LogP contribution < -0.4 is 15.2 Å². The van der Waals surface area contributed by atoms with Crippen LogP contribution in [0.25, 0.3) is 0 Å². The second-order valence-corrected chi connectivity index (χ2v) is 6.79. The number of methoxy groups -OCH3 is 1. The van der Waals surface area contributed by atoms with Gasteiger partial charge >= 0.3 is 0 Å². The van der Waals surface area contributed by atoms with E-state index in [1.54, 1.807) is 12.1 Å². The summed E-state index contributed by atoms with van der Waals surface area (Å²) in [4.78, 5) is 11.8. The third-order valence-electron chi connectivity index (χ3n) is 3.57. The molecule has 0 radical (unpaired) electrons. The number of ether oxygens (including phenoxy) is 1. The van der Waals surface area contributed by atoms with E-state index >= 15 is 0 Å². The molecule has 0 spiro atoms. The minimum absolute atomic E-state index is 0.145. The van der Waals surface area contributed by atoms with E-state index in [9.17, 15) is 13.2 Å². The number of rotatable bonds is 4. The van der Waals surface area contributed by atoms with E-state index in [1.807, 2.05) is 0 Å². The topological polar surface area (TPSA) is 98.5 Å². The van der Waals surface area contributed by atoms with Crippen LogP contribution in [0.1, 0.15) is 32.1 Å². The highest BCUT2D eigenvalue weighted by molar-refractivity contribution is 7.89. The van der Waals surface area contributed by atoms with Crippen LogP contribution in [0, 0.1) is 0 Å². The predicted molar refractivity (Wildman–Crippen MR) is 84.2 cm³/mol. The van der Waals surface area contributed by atoms with Gasteiger partial charge in [0.05, 0.1) is 7.11 Å². The Morgan fingerprint density at radius 2 is 1.95 bits per heavy atom. The van der Waals surface area contributed by atoms with Crippen molar-refractivity contribution in [2.45, 2.75) is 37.0 Å². The minimum atomic E-state index is -3.92.